The molecule has 144 valence electrons. The van der Waals surface area contributed by atoms with Crippen LogP contribution in [0.2, 0.25) is 0 Å². The van der Waals surface area contributed by atoms with Crippen LogP contribution >= 0.6 is 11.3 Å². The second kappa shape index (κ2) is 7.03. The summed E-state index contributed by atoms with van der Waals surface area (Å²) >= 11 is 1.58. The van der Waals surface area contributed by atoms with Gasteiger partial charge < -0.3 is 4.90 Å². The second-order valence-corrected chi connectivity index (χ2v) is 9.39. The van der Waals surface area contributed by atoms with Crippen LogP contribution in [0.15, 0.2) is 52.7 Å². The Hall–Kier alpha value is -2.71. The molecule has 6 nitrogen and oxygen atoms in total. The van der Waals surface area contributed by atoms with Gasteiger partial charge in [0.25, 0.3) is 10.0 Å². The van der Waals surface area contributed by atoms with Crippen molar-refractivity contribution in [2.24, 2.45) is 0 Å². The maximum Gasteiger partial charge on any atom is 0.261 e. The van der Waals surface area contributed by atoms with Crippen LogP contribution in [0.25, 0.3) is 11.3 Å². The van der Waals surface area contributed by atoms with E-state index in [0.29, 0.717) is 18.7 Å². The molecule has 0 fully saturated rings. The van der Waals surface area contributed by atoms with Crippen molar-refractivity contribution in [2.75, 3.05) is 16.2 Å². The monoisotopic (exact) mass is 413 g/mol. The molecule has 1 amide bonds. The molecule has 0 unspecified atom stereocenters. The van der Waals surface area contributed by atoms with E-state index in [1.807, 2.05) is 24.4 Å². The smallest absolute Gasteiger partial charge is 0.261 e. The minimum absolute atomic E-state index is 0.0390. The molecular weight excluding hydrogens is 394 g/mol. The van der Waals surface area contributed by atoms with Crippen LogP contribution in [0.4, 0.5) is 11.4 Å². The first-order chi connectivity index (χ1) is 13.3. The number of nitrogens with one attached hydrogen (secondary N) is 1. The number of thiazole rings is 1. The molecule has 0 atom stereocenters. The molecule has 0 radical (unpaired) electrons. The lowest BCUT2D eigenvalue weighted by atomic mass is 10.1. The SMILES string of the molecule is CC(=O)N1CCc2cc(S(=O)(=O)Nc3ccc(-c4csc(C)n4)cc3)ccc21. The molecule has 0 bridgehead atoms. The average Bonchev–Trinajstić information content (AvgIpc) is 3.27. The summed E-state index contributed by atoms with van der Waals surface area (Å²) in [7, 11) is -3.71. The fourth-order valence-electron chi connectivity index (χ4n) is 3.29. The van der Waals surface area contributed by atoms with Crippen molar-refractivity contribution >= 4 is 38.6 Å². The normalized spacial score (nSPS) is 13.4. The van der Waals surface area contributed by atoms with Gasteiger partial charge in [0.1, 0.15) is 0 Å². The highest BCUT2D eigenvalue weighted by atomic mass is 32.2. The van der Waals surface area contributed by atoms with E-state index in [9.17, 15) is 13.2 Å². The van der Waals surface area contributed by atoms with E-state index in [1.54, 1.807) is 40.5 Å². The Morgan fingerprint density at radius 1 is 1.18 bits per heavy atom. The molecule has 2 aromatic carbocycles. The van der Waals surface area contributed by atoms with Gasteiger partial charge in [-0.1, -0.05) is 12.1 Å². The van der Waals surface area contributed by atoms with Crippen LogP contribution in [-0.4, -0.2) is 25.9 Å². The first kappa shape index (κ1) is 18.6. The number of nitrogens with zero attached hydrogens (tertiary/aromatic N) is 2. The zero-order valence-corrected chi connectivity index (χ0v) is 17.1. The van der Waals surface area contributed by atoms with E-state index in [-0.39, 0.29) is 10.8 Å². The Labute approximate surface area is 167 Å². The molecule has 1 aliphatic heterocycles. The number of benzene rings is 2. The lowest BCUT2D eigenvalue weighted by molar-refractivity contribution is -0.116. The molecule has 1 aliphatic rings. The molecule has 28 heavy (non-hydrogen) atoms. The molecule has 1 N–H and O–H groups in total. The number of fused-ring (bicyclic) bond motifs is 1. The molecule has 8 heteroatoms. The van der Waals surface area contributed by atoms with Gasteiger partial charge in [0.15, 0.2) is 0 Å². The average molecular weight is 414 g/mol. The third-order valence-electron chi connectivity index (χ3n) is 4.69. The standard InChI is InChI=1S/C20H19N3O3S2/c1-13-21-19(12-27-13)15-3-5-17(6-4-15)22-28(25,26)18-7-8-20-16(11-18)9-10-23(20)14(2)24/h3-8,11-12,22H,9-10H2,1-2H3. The van der Waals surface area contributed by atoms with Crippen LogP contribution in [0.3, 0.4) is 0 Å². The second-order valence-electron chi connectivity index (χ2n) is 6.65. The number of aromatic nitrogens is 1. The van der Waals surface area contributed by atoms with Crippen molar-refractivity contribution in [3.05, 3.63) is 58.4 Å². The first-order valence-electron chi connectivity index (χ1n) is 8.80. The summed E-state index contributed by atoms with van der Waals surface area (Å²) in [6.07, 6.45) is 0.653. The zero-order chi connectivity index (χ0) is 19.9. The molecule has 3 aromatic rings. The van der Waals surface area contributed by atoms with E-state index >= 15 is 0 Å². The van der Waals surface area contributed by atoms with E-state index in [0.717, 1.165) is 27.5 Å². The lowest BCUT2D eigenvalue weighted by Crippen LogP contribution is -2.25. The fraction of sp³-hybridized carbons (Fsp3) is 0.200. The predicted octanol–water partition coefficient (Wildman–Crippen LogP) is 3.83. The number of hydrogen-bond donors (Lipinski definition) is 1. The Bertz CT molecular complexity index is 1150. The van der Waals surface area contributed by atoms with Gasteiger partial charge in [-0.3, -0.25) is 9.52 Å². The summed E-state index contributed by atoms with van der Waals surface area (Å²) in [4.78, 5) is 17.9. The first-order valence-corrected chi connectivity index (χ1v) is 11.2. The van der Waals surface area contributed by atoms with Crippen LogP contribution in [0.1, 0.15) is 17.5 Å². The van der Waals surface area contributed by atoms with Crippen molar-refractivity contribution in [1.29, 1.82) is 0 Å². The van der Waals surface area contributed by atoms with Crippen LogP contribution in [-0.2, 0) is 21.2 Å². The molecule has 2 heterocycles. The number of carbonyl (C=O) groups is 1. The van der Waals surface area contributed by atoms with Crippen molar-refractivity contribution in [3.8, 4) is 11.3 Å². The van der Waals surface area contributed by atoms with Gasteiger partial charge in [-0.05, 0) is 49.2 Å². The number of rotatable bonds is 4. The number of sulfonamides is 1. The Balaban J connectivity index is 1.55. The summed E-state index contributed by atoms with van der Waals surface area (Å²) < 4.78 is 28.2. The summed E-state index contributed by atoms with van der Waals surface area (Å²) in [5.74, 6) is -0.0390. The maximum absolute atomic E-state index is 12.8. The summed E-state index contributed by atoms with van der Waals surface area (Å²) in [5, 5.41) is 2.96. The number of carbonyl (C=O) groups excluding carboxylic acids is 1. The van der Waals surface area contributed by atoms with E-state index in [4.69, 9.17) is 0 Å². The van der Waals surface area contributed by atoms with Crippen molar-refractivity contribution in [3.63, 3.8) is 0 Å². The van der Waals surface area contributed by atoms with Gasteiger partial charge in [-0.2, -0.15) is 0 Å². The number of aryl methyl sites for hydroxylation is 1. The van der Waals surface area contributed by atoms with Gasteiger partial charge in [0, 0.05) is 35.8 Å². The molecule has 4 rings (SSSR count). The number of amides is 1. The number of anilines is 2. The molecule has 1 aromatic heterocycles. The van der Waals surface area contributed by atoms with Gasteiger partial charge in [-0.25, -0.2) is 13.4 Å². The highest BCUT2D eigenvalue weighted by Crippen LogP contribution is 2.31. The van der Waals surface area contributed by atoms with Crippen LogP contribution < -0.4 is 9.62 Å². The Morgan fingerprint density at radius 3 is 2.57 bits per heavy atom. The third kappa shape index (κ3) is 3.53. The highest BCUT2D eigenvalue weighted by Gasteiger charge is 2.24. The maximum atomic E-state index is 12.8. The fourth-order valence-corrected chi connectivity index (χ4v) is 5.02. The van der Waals surface area contributed by atoms with Crippen molar-refractivity contribution in [2.45, 2.75) is 25.2 Å². The van der Waals surface area contributed by atoms with Gasteiger partial charge in [0.2, 0.25) is 5.91 Å². The quantitative estimate of drug-likeness (QED) is 0.705. The molecule has 0 saturated carbocycles. The largest absolute Gasteiger partial charge is 0.312 e. The lowest BCUT2D eigenvalue weighted by Gasteiger charge is -2.15. The number of hydrogen-bond acceptors (Lipinski definition) is 5. The third-order valence-corrected chi connectivity index (χ3v) is 6.84. The van der Waals surface area contributed by atoms with E-state index in [1.165, 1.54) is 13.0 Å². The molecule has 0 saturated heterocycles. The predicted molar refractivity (Wildman–Crippen MR) is 111 cm³/mol. The van der Waals surface area contributed by atoms with Gasteiger partial charge in [0.05, 0.1) is 15.6 Å². The van der Waals surface area contributed by atoms with Gasteiger partial charge >= 0.3 is 0 Å². The van der Waals surface area contributed by atoms with E-state index in [2.05, 4.69) is 9.71 Å². The topological polar surface area (TPSA) is 79.4 Å². The Kier molecular flexibility index (Phi) is 4.68. The molecular formula is C20H19N3O3S2. The summed E-state index contributed by atoms with van der Waals surface area (Å²) in [6.45, 7) is 4.04. The van der Waals surface area contributed by atoms with Crippen LogP contribution in [0.5, 0.6) is 0 Å². The minimum Gasteiger partial charge on any atom is -0.312 e. The molecule has 0 aliphatic carbocycles. The van der Waals surface area contributed by atoms with Gasteiger partial charge in [-0.15, -0.1) is 11.3 Å². The van der Waals surface area contributed by atoms with E-state index < -0.39 is 10.0 Å². The zero-order valence-electron chi connectivity index (χ0n) is 15.5. The highest BCUT2D eigenvalue weighted by molar-refractivity contribution is 7.92. The summed E-state index contributed by atoms with van der Waals surface area (Å²) in [5.41, 5.74) is 3.96. The molecule has 0 spiro atoms. The minimum atomic E-state index is -3.71. The van der Waals surface area contributed by atoms with Crippen molar-refractivity contribution in [1.82, 2.24) is 4.98 Å². The van der Waals surface area contributed by atoms with Crippen molar-refractivity contribution < 1.29 is 13.2 Å². The van der Waals surface area contributed by atoms with Crippen LogP contribution in [0, 0.1) is 6.92 Å². The Morgan fingerprint density at radius 2 is 1.93 bits per heavy atom. The summed E-state index contributed by atoms with van der Waals surface area (Å²) in [6, 6.07) is 12.0.